The summed E-state index contributed by atoms with van der Waals surface area (Å²) in [5, 5.41) is 0. The van der Waals surface area contributed by atoms with Crippen LogP contribution in [0.1, 0.15) is 33.6 Å². The summed E-state index contributed by atoms with van der Waals surface area (Å²) in [6.45, 7) is 5.60. The first-order valence-corrected chi connectivity index (χ1v) is 4.39. The van der Waals surface area contributed by atoms with E-state index in [2.05, 4.69) is 0 Å². The zero-order valence-corrected chi connectivity index (χ0v) is 8.46. The van der Waals surface area contributed by atoms with Gasteiger partial charge in [0.2, 0.25) is 5.91 Å². The topological polar surface area (TPSA) is 86.2 Å². The van der Waals surface area contributed by atoms with Gasteiger partial charge in [-0.1, -0.05) is 20.8 Å². The Labute approximate surface area is 78.7 Å². The van der Waals surface area contributed by atoms with Gasteiger partial charge in [0, 0.05) is 11.8 Å². The van der Waals surface area contributed by atoms with Gasteiger partial charge in [0.15, 0.2) is 0 Å². The zero-order valence-electron chi connectivity index (χ0n) is 8.46. The average molecular weight is 186 g/mol. The Kier molecular flexibility index (Phi) is 4.07. The molecule has 1 amide bonds. The second kappa shape index (κ2) is 4.37. The van der Waals surface area contributed by atoms with Gasteiger partial charge in [-0.15, -0.1) is 0 Å². The molecule has 0 aromatic carbocycles. The van der Waals surface area contributed by atoms with Gasteiger partial charge >= 0.3 is 0 Å². The minimum Gasteiger partial charge on any atom is -0.368 e. The Morgan fingerprint density at radius 1 is 1.38 bits per heavy atom. The summed E-state index contributed by atoms with van der Waals surface area (Å²) in [5.41, 5.74) is 9.92. The van der Waals surface area contributed by atoms with Crippen LogP contribution in [-0.2, 0) is 9.59 Å². The summed E-state index contributed by atoms with van der Waals surface area (Å²) >= 11 is 0. The van der Waals surface area contributed by atoms with Crippen LogP contribution in [0.25, 0.3) is 0 Å². The smallest absolute Gasteiger partial charge is 0.234 e. The van der Waals surface area contributed by atoms with Gasteiger partial charge in [0.25, 0.3) is 0 Å². The van der Waals surface area contributed by atoms with E-state index in [0.29, 0.717) is 0 Å². The van der Waals surface area contributed by atoms with Crippen molar-refractivity contribution in [3.63, 3.8) is 0 Å². The summed E-state index contributed by atoms with van der Waals surface area (Å²) in [5.74, 6) is -0.637. The molecular weight excluding hydrogens is 168 g/mol. The van der Waals surface area contributed by atoms with E-state index in [-0.39, 0.29) is 12.2 Å². The van der Waals surface area contributed by atoms with Crippen molar-refractivity contribution in [2.75, 3.05) is 0 Å². The van der Waals surface area contributed by atoms with Crippen LogP contribution in [0, 0.1) is 5.41 Å². The molecule has 13 heavy (non-hydrogen) atoms. The zero-order chi connectivity index (χ0) is 10.6. The molecule has 1 atom stereocenters. The quantitative estimate of drug-likeness (QED) is 0.642. The predicted octanol–water partition coefficient (Wildman–Crippen LogP) is 0.194. The number of nitrogens with two attached hydrogens (primary N) is 2. The Balaban J connectivity index is 4.23. The molecule has 0 saturated carbocycles. The molecule has 76 valence electrons. The first-order valence-electron chi connectivity index (χ1n) is 4.39. The minimum absolute atomic E-state index is 0.0127. The lowest BCUT2D eigenvalue weighted by Crippen LogP contribution is -2.40. The van der Waals surface area contributed by atoms with Gasteiger partial charge < -0.3 is 11.5 Å². The highest BCUT2D eigenvalue weighted by atomic mass is 16.1. The molecule has 0 spiro atoms. The van der Waals surface area contributed by atoms with Crippen molar-refractivity contribution >= 4 is 11.7 Å². The number of hydrogen-bond donors (Lipinski definition) is 2. The van der Waals surface area contributed by atoms with Crippen molar-refractivity contribution in [3.05, 3.63) is 0 Å². The van der Waals surface area contributed by atoms with Gasteiger partial charge in [0.05, 0.1) is 6.04 Å². The van der Waals surface area contributed by atoms with E-state index in [9.17, 15) is 9.59 Å². The van der Waals surface area contributed by atoms with Crippen LogP contribution in [0.3, 0.4) is 0 Å². The van der Waals surface area contributed by atoms with Crippen molar-refractivity contribution in [2.45, 2.75) is 39.7 Å². The highest BCUT2D eigenvalue weighted by molar-refractivity contribution is 5.90. The second-order valence-corrected chi connectivity index (χ2v) is 3.87. The fraction of sp³-hybridized carbons (Fsp3) is 0.778. The van der Waals surface area contributed by atoms with E-state index in [1.165, 1.54) is 0 Å². The third kappa shape index (κ3) is 3.55. The van der Waals surface area contributed by atoms with Gasteiger partial charge in [0.1, 0.15) is 5.78 Å². The molecule has 1 unspecified atom stereocenters. The molecule has 0 aromatic rings. The van der Waals surface area contributed by atoms with E-state index in [4.69, 9.17) is 11.5 Å². The van der Waals surface area contributed by atoms with Crippen LogP contribution < -0.4 is 11.5 Å². The Morgan fingerprint density at radius 3 is 2.15 bits per heavy atom. The summed E-state index contributed by atoms with van der Waals surface area (Å²) in [7, 11) is 0. The molecule has 0 fully saturated rings. The van der Waals surface area contributed by atoms with Crippen molar-refractivity contribution in [2.24, 2.45) is 16.9 Å². The van der Waals surface area contributed by atoms with Gasteiger partial charge in [-0.3, -0.25) is 9.59 Å². The number of amides is 1. The predicted molar refractivity (Wildman–Crippen MR) is 50.9 cm³/mol. The Bertz CT molecular complexity index is 212. The fourth-order valence-electron chi connectivity index (χ4n) is 0.774. The van der Waals surface area contributed by atoms with Gasteiger partial charge in [-0.25, -0.2) is 0 Å². The maximum atomic E-state index is 11.5. The maximum absolute atomic E-state index is 11.5. The van der Waals surface area contributed by atoms with Crippen LogP contribution in [0.5, 0.6) is 0 Å². The average Bonchev–Trinajstić information content (AvgIpc) is 2.04. The number of hydrogen-bond acceptors (Lipinski definition) is 3. The number of carbonyl (C=O) groups excluding carboxylic acids is 2. The first-order chi connectivity index (χ1) is 5.81. The maximum Gasteiger partial charge on any atom is 0.234 e. The molecule has 0 radical (unpaired) electrons. The van der Waals surface area contributed by atoms with Crippen molar-refractivity contribution in [1.29, 1.82) is 0 Å². The monoisotopic (exact) mass is 186 g/mol. The van der Waals surface area contributed by atoms with E-state index in [1.807, 2.05) is 20.8 Å². The van der Waals surface area contributed by atoms with E-state index < -0.39 is 17.4 Å². The number of rotatable bonds is 5. The van der Waals surface area contributed by atoms with Crippen molar-refractivity contribution in [1.82, 2.24) is 0 Å². The normalized spacial score (nSPS) is 13.8. The van der Waals surface area contributed by atoms with Crippen molar-refractivity contribution < 1.29 is 9.59 Å². The molecule has 0 aliphatic rings. The Hall–Kier alpha value is -0.900. The second-order valence-electron chi connectivity index (χ2n) is 3.87. The highest BCUT2D eigenvalue weighted by Gasteiger charge is 2.27. The third-order valence-electron chi connectivity index (χ3n) is 2.41. The summed E-state index contributed by atoms with van der Waals surface area (Å²) in [6, 6.07) is -0.849. The van der Waals surface area contributed by atoms with Gasteiger partial charge in [-0.05, 0) is 6.42 Å². The molecule has 0 aromatic heterocycles. The molecule has 0 bridgehead atoms. The fourth-order valence-corrected chi connectivity index (χ4v) is 0.774. The van der Waals surface area contributed by atoms with Crippen LogP contribution >= 0.6 is 0 Å². The molecule has 0 aliphatic carbocycles. The number of Topliss-reactive ketones (excluding diaryl/α,β-unsaturated/α-hetero) is 1. The van der Waals surface area contributed by atoms with E-state index >= 15 is 0 Å². The first kappa shape index (κ1) is 12.1. The molecule has 4 N–H and O–H groups in total. The highest BCUT2D eigenvalue weighted by Crippen LogP contribution is 2.22. The third-order valence-corrected chi connectivity index (χ3v) is 2.41. The van der Waals surface area contributed by atoms with Crippen LogP contribution in [0.15, 0.2) is 0 Å². The SMILES string of the molecule is CCC(C)(C)C(=O)CC(N)C(N)=O. The summed E-state index contributed by atoms with van der Waals surface area (Å²) < 4.78 is 0. The summed E-state index contributed by atoms with van der Waals surface area (Å²) in [6.07, 6.45) is 0.771. The minimum atomic E-state index is -0.849. The lowest BCUT2D eigenvalue weighted by Gasteiger charge is -2.21. The van der Waals surface area contributed by atoms with Crippen molar-refractivity contribution in [3.8, 4) is 0 Å². The van der Waals surface area contributed by atoms with Crippen LogP contribution in [-0.4, -0.2) is 17.7 Å². The number of carbonyl (C=O) groups is 2. The lowest BCUT2D eigenvalue weighted by molar-refractivity contribution is -0.130. The molecule has 0 heterocycles. The van der Waals surface area contributed by atoms with Crippen LogP contribution in [0.2, 0.25) is 0 Å². The van der Waals surface area contributed by atoms with E-state index in [1.54, 1.807) is 0 Å². The molecule has 0 rings (SSSR count). The molecule has 4 nitrogen and oxygen atoms in total. The molecule has 0 aliphatic heterocycles. The lowest BCUT2D eigenvalue weighted by atomic mass is 9.82. The number of ketones is 1. The molecule has 4 heteroatoms. The van der Waals surface area contributed by atoms with E-state index in [0.717, 1.165) is 6.42 Å². The molecular formula is C9H18N2O2. The Morgan fingerprint density at radius 2 is 1.85 bits per heavy atom. The number of primary amides is 1. The van der Waals surface area contributed by atoms with Crippen LogP contribution in [0.4, 0.5) is 0 Å². The molecule has 0 saturated heterocycles. The standard InChI is InChI=1S/C9H18N2O2/c1-4-9(2,3)7(12)5-6(10)8(11)13/h6H,4-5,10H2,1-3H3,(H2,11,13). The van der Waals surface area contributed by atoms with Gasteiger partial charge in [-0.2, -0.15) is 0 Å². The largest absolute Gasteiger partial charge is 0.368 e. The summed E-state index contributed by atoms with van der Waals surface area (Å²) in [4.78, 5) is 22.1.